The summed E-state index contributed by atoms with van der Waals surface area (Å²) in [4.78, 5) is 12.6. The number of fused-ring (bicyclic) bond motifs is 2. The molecule has 4 unspecified atom stereocenters. The fraction of sp³-hybridized carbons (Fsp3) is 0.389. The van der Waals surface area contributed by atoms with Gasteiger partial charge in [-0.25, -0.2) is 0 Å². The molecule has 1 heterocycles. The number of aromatic nitrogens is 2. The zero-order valence-corrected chi connectivity index (χ0v) is 13.3. The van der Waals surface area contributed by atoms with Gasteiger partial charge in [-0.2, -0.15) is 5.10 Å². The van der Waals surface area contributed by atoms with Gasteiger partial charge >= 0.3 is 0 Å². The molecular formula is C18H20N4O2. The minimum absolute atomic E-state index is 0.0113. The zero-order chi connectivity index (χ0) is 16.5. The van der Waals surface area contributed by atoms with Crippen LogP contribution in [0.15, 0.2) is 42.6 Å². The van der Waals surface area contributed by atoms with Crippen molar-refractivity contribution in [2.75, 3.05) is 5.32 Å². The second kappa shape index (κ2) is 6.20. The third kappa shape index (κ3) is 2.85. The summed E-state index contributed by atoms with van der Waals surface area (Å²) in [5.41, 5.74) is 6.96. The Labute approximate surface area is 140 Å². The topological polar surface area (TPSA) is 90.1 Å². The lowest BCUT2D eigenvalue weighted by molar-refractivity contribution is -0.121. The standard InChI is InChI=1S/C18H20N4O2/c19-17-12-7-6-11(9-12)16(17)18(23)21-13-3-1-4-14(10-13)24-15-5-2-8-20-22-15/h1-5,8,10-12,16-17H,6-7,9,19H2,(H,21,23). The zero-order valence-electron chi connectivity index (χ0n) is 13.3. The molecule has 2 aliphatic carbocycles. The summed E-state index contributed by atoms with van der Waals surface area (Å²) in [5, 5.41) is 10.7. The normalized spacial score (nSPS) is 27.9. The summed E-state index contributed by atoms with van der Waals surface area (Å²) in [6.07, 6.45) is 4.96. The van der Waals surface area contributed by atoms with E-state index in [1.54, 1.807) is 24.4 Å². The van der Waals surface area contributed by atoms with Crippen molar-refractivity contribution in [1.29, 1.82) is 0 Å². The van der Waals surface area contributed by atoms with Crippen LogP contribution in [0.5, 0.6) is 11.6 Å². The third-order valence-corrected chi connectivity index (χ3v) is 5.16. The van der Waals surface area contributed by atoms with E-state index >= 15 is 0 Å². The maximum atomic E-state index is 12.6. The minimum atomic E-state index is -0.0756. The molecule has 2 saturated carbocycles. The Morgan fingerprint density at radius 3 is 2.83 bits per heavy atom. The predicted molar refractivity (Wildman–Crippen MR) is 89.5 cm³/mol. The summed E-state index contributed by atoms with van der Waals surface area (Å²) >= 11 is 0. The van der Waals surface area contributed by atoms with Crippen LogP contribution >= 0.6 is 0 Å². The van der Waals surface area contributed by atoms with E-state index < -0.39 is 0 Å². The maximum absolute atomic E-state index is 12.6. The number of ether oxygens (including phenoxy) is 1. The Balaban J connectivity index is 1.45. The van der Waals surface area contributed by atoms with Gasteiger partial charge in [-0.1, -0.05) is 6.07 Å². The molecule has 4 atom stereocenters. The van der Waals surface area contributed by atoms with Crippen LogP contribution in [0, 0.1) is 17.8 Å². The lowest BCUT2D eigenvalue weighted by Gasteiger charge is -2.27. The first-order valence-electron chi connectivity index (χ1n) is 8.33. The lowest BCUT2D eigenvalue weighted by atomic mass is 9.84. The average molecular weight is 324 g/mol. The van der Waals surface area contributed by atoms with Gasteiger partial charge in [0.1, 0.15) is 5.75 Å². The van der Waals surface area contributed by atoms with E-state index in [0.29, 0.717) is 29.2 Å². The molecule has 2 fully saturated rings. The Morgan fingerprint density at radius 2 is 2.08 bits per heavy atom. The van der Waals surface area contributed by atoms with Crippen LogP contribution in [0.2, 0.25) is 0 Å². The van der Waals surface area contributed by atoms with E-state index in [-0.39, 0.29) is 17.9 Å². The Morgan fingerprint density at radius 1 is 1.21 bits per heavy atom. The first-order chi connectivity index (χ1) is 11.7. The van der Waals surface area contributed by atoms with Gasteiger partial charge in [-0.05, 0) is 49.3 Å². The largest absolute Gasteiger partial charge is 0.437 e. The predicted octanol–water partition coefficient (Wildman–Crippen LogP) is 2.58. The first kappa shape index (κ1) is 15.1. The monoisotopic (exact) mass is 324 g/mol. The molecule has 0 spiro atoms. The fourth-order valence-corrected chi connectivity index (χ4v) is 4.05. The van der Waals surface area contributed by atoms with Crippen LogP contribution in [0.3, 0.4) is 0 Å². The summed E-state index contributed by atoms with van der Waals surface area (Å²) in [6.45, 7) is 0. The maximum Gasteiger partial charge on any atom is 0.238 e. The molecule has 124 valence electrons. The van der Waals surface area contributed by atoms with E-state index in [2.05, 4.69) is 15.5 Å². The van der Waals surface area contributed by atoms with Crippen LogP contribution < -0.4 is 15.8 Å². The molecule has 3 N–H and O–H groups in total. The number of carbonyl (C=O) groups is 1. The number of rotatable bonds is 4. The molecule has 2 bridgehead atoms. The molecule has 6 heteroatoms. The third-order valence-electron chi connectivity index (χ3n) is 5.16. The van der Waals surface area contributed by atoms with Crippen molar-refractivity contribution < 1.29 is 9.53 Å². The lowest BCUT2D eigenvalue weighted by Crippen LogP contribution is -2.42. The number of anilines is 1. The van der Waals surface area contributed by atoms with Gasteiger partial charge in [-0.3, -0.25) is 4.79 Å². The quantitative estimate of drug-likeness (QED) is 0.902. The van der Waals surface area contributed by atoms with Crippen molar-refractivity contribution in [3.8, 4) is 11.6 Å². The van der Waals surface area contributed by atoms with Gasteiger partial charge in [0.05, 0.1) is 5.92 Å². The van der Waals surface area contributed by atoms with Crippen LogP contribution in [0.4, 0.5) is 5.69 Å². The van der Waals surface area contributed by atoms with Crippen molar-refractivity contribution in [3.05, 3.63) is 42.6 Å². The summed E-state index contributed by atoms with van der Waals surface area (Å²) in [6, 6.07) is 10.8. The van der Waals surface area contributed by atoms with Gasteiger partial charge in [0, 0.05) is 30.1 Å². The highest BCUT2D eigenvalue weighted by atomic mass is 16.5. The molecule has 1 aromatic heterocycles. The number of nitrogens with two attached hydrogens (primary N) is 1. The highest BCUT2D eigenvalue weighted by molar-refractivity contribution is 5.93. The van der Waals surface area contributed by atoms with Crippen molar-refractivity contribution in [1.82, 2.24) is 10.2 Å². The number of hydrogen-bond donors (Lipinski definition) is 2. The molecule has 24 heavy (non-hydrogen) atoms. The van der Waals surface area contributed by atoms with Crippen molar-refractivity contribution in [2.24, 2.45) is 23.5 Å². The van der Waals surface area contributed by atoms with Crippen LogP contribution in [0.1, 0.15) is 19.3 Å². The molecule has 1 amide bonds. The number of hydrogen-bond acceptors (Lipinski definition) is 5. The SMILES string of the molecule is NC1C2CCC(C2)C1C(=O)Nc1cccc(Oc2cccnn2)c1. The molecule has 2 aromatic rings. The number of nitrogens with one attached hydrogen (secondary N) is 1. The summed E-state index contributed by atoms with van der Waals surface area (Å²) < 4.78 is 5.65. The van der Waals surface area contributed by atoms with Gasteiger partial charge in [-0.15, -0.1) is 5.10 Å². The van der Waals surface area contributed by atoms with Crippen molar-refractivity contribution in [3.63, 3.8) is 0 Å². The second-order valence-electron chi connectivity index (χ2n) is 6.62. The smallest absolute Gasteiger partial charge is 0.238 e. The van der Waals surface area contributed by atoms with E-state index in [0.717, 1.165) is 19.3 Å². The van der Waals surface area contributed by atoms with Gasteiger partial charge in [0.15, 0.2) is 0 Å². The van der Waals surface area contributed by atoms with Crippen LogP contribution in [-0.4, -0.2) is 22.1 Å². The van der Waals surface area contributed by atoms with Gasteiger partial charge in [0.25, 0.3) is 0 Å². The Bertz CT molecular complexity index is 735. The van der Waals surface area contributed by atoms with Crippen molar-refractivity contribution >= 4 is 11.6 Å². The molecule has 4 rings (SSSR count). The highest BCUT2D eigenvalue weighted by Gasteiger charge is 2.49. The number of benzene rings is 1. The number of carbonyl (C=O) groups excluding carboxylic acids is 1. The van der Waals surface area contributed by atoms with E-state index in [4.69, 9.17) is 10.5 Å². The number of nitrogens with zero attached hydrogens (tertiary/aromatic N) is 2. The number of amides is 1. The van der Waals surface area contributed by atoms with Gasteiger partial charge in [0.2, 0.25) is 11.8 Å². The summed E-state index contributed by atoms with van der Waals surface area (Å²) in [7, 11) is 0. The Kier molecular flexibility index (Phi) is 3.90. The fourth-order valence-electron chi connectivity index (χ4n) is 4.05. The second-order valence-corrected chi connectivity index (χ2v) is 6.62. The molecule has 1 aromatic carbocycles. The van der Waals surface area contributed by atoms with Crippen LogP contribution in [-0.2, 0) is 4.79 Å². The molecule has 6 nitrogen and oxygen atoms in total. The van der Waals surface area contributed by atoms with Crippen molar-refractivity contribution in [2.45, 2.75) is 25.3 Å². The van der Waals surface area contributed by atoms with Gasteiger partial charge < -0.3 is 15.8 Å². The molecule has 0 aliphatic heterocycles. The molecule has 0 radical (unpaired) electrons. The molecular weight excluding hydrogens is 304 g/mol. The summed E-state index contributed by atoms with van der Waals surface area (Å²) in [5.74, 6) is 1.91. The Hall–Kier alpha value is -2.47. The minimum Gasteiger partial charge on any atom is -0.437 e. The van der Waals surface area contributed by atoms with E-state index in [9.17, 15) is 4.79 Å². The first-order valence-corrected chi connectivity index (χ1v) is 8.33. The van der Waals surface area contributed by atoms with E-state index in [1.165, 1.54) is 0 Å². The highest BCUT2D eigenvalue weighted by Crippen LogP contribution is 2.47. The molecule has 2 aliphatic rings. The van der Waals surface area contributed by atoms with Crippen LogP contribution in [0.25, 0.3) is 0 Å². The van der Waals surface area contributed by atoms with E-state index in [1.807, 2.05) is 18.2 Å². The molecule has 0 saturated heterocycles. The average Bonchev–Trinajstić information content (AvgIpc) is 3.17.